The number of aromatic carboxylic acids is 1. The van der Waals surface area contributed by atoms with Gasteiger partial charge in [-0.3, -0.25) is 0 Å². The molecule has 0 aromatic heterocycles. The summed E-state index contributed by atoms with van der Waals surface area (Å²) in [7, 11) is 0. The first-order valence-corrected chi connectivity index (χ1v) is 6.19. The van der Waals surface area contributed by atoms with Gasteiger partial charge < -0.3 is 9.84 Å². The molecule has 0 amide bonds. The van der Waals surface area contributed by atoms with Crippen molar-refractivity contribution < 1.29 is 14.6 Å². The SMILES string of the molecule is O=C(O)c1ccc(Br)cc1Oc1cccc(Cl)c1. The first-order valence-electron chi connectivity index (χ1n) is 5.02. The third kappa shape index (κ3) is 3.03. The summed E-state index contributed by atoms with van der Waals surface area (Å²) in [6, 6.07) is 11.5. The predicted molar refractivity (Wildman–Crippen MR) is 72.6 cm³/mol. The number of carboxylic acids is 1. The standard InChI is InChI=1S/C13H8BrClO3/c14-8-4-5-11(13(16)17)12(6-8)18-10-3-1-2-9(15)7-10/h1-7H,(H,16,17). The van der Waals surface area contributed by atoms with Gasteiger partial charge in [0.25, 0.3) is 0 Å². The molecule has 0 heterocycles. The van der Waals surface area contributed by atoms with Crippen LogP contribution in [0.15, 0.2) is 46.9 Å². The second-order valence-electron chi connectivity index (χ2n) is 3.51. The molecule has 2 aromatic carbocycles. The minimum atomic E-state index is -1.04. The molecule has 2 aromatic rings. The summed E-state index contributed by atoms with van der Waals surface area (Å²) in [4.78, 5) is 11.1. The molecule has 3 nitrogen and oxygen atoms in total. The van der Waals surface area contributed by atoms with Gasteiger partial charge in [-0.2, -0.15) is 0 Å². The molecule has 2 rings (SSSR count). The van der Waals surface area contributed by atoms with Gasteiger partial charge in [0.15, 0.2) is 0 Å². The Balaban J connectivity index is 2.39. The van der Waals surface area contributed by atoms with Gasteiger partial charge in [-0.25, -0.2) is 4.79 Å². The van der Waals surface area contributed by atoms with Crippen LogP contribution in [0.2, 0.25) is 5.02 Å². The summed E-state index contributed by atoms with van der Waals surface area (Å²) in [5.41, 5.74) is 0.0955. The summed E-state index contributed by atoms with van der Waals surface area (Å²) in [6.07, 6.45) is 0. The molecule has 0 unspecified atom stereocenters. The molecule has 18 heavy (non-hydrogen) atoms. The van der Waals surface area contributed by atoms with E-state index in [0.29, 0.717) is 10.8 Å². The zero-order chi connectivity index (χ0) is 13.1. The molecular weight excluding hydrogens is 319 g/mol. The summed E-state index contributed by atoms with van der Waals surface area (Å²) >= 11 is 9.11. The Morgan fingerprint density at radius 2 is 2.00 bits per heavy atom. The van der Waals surface area contributed by atoms with Crippen LogP contribution in [-0.4, -0.2) is 11.1 Å². The van der Waals surface area contributed by atoms with E-state index >= 15 is 0 Å². The van der Waals surface area contributed by atoms with Gasteiger partial charge in [-0.1, -0.05) is 33.6 Å². The highest BCUT2D eigenvalue weighted by Gasteiger charge is 2.12. The van der Waals surface area contributed by atoms with Gasteiger partial charge in [-0.05, 0) is 36.4 Å². The summed E-state index contributed by atoms with van der Waals surface area (Å²) < 4.78 is 6.28. The zero-order valence-electron chi connectivity index (χ0n) is 9.06. The van der Waals surface area contributed by atoms with Crippen LogP contribution in [0, 0.1) is 0 Å². The zero-order valence-corrected chi connectivity index (χ0v) is 11.4. The van der Waals surface area contributed by atoms with Crippen molar-refractivity contribution in [3.05, 3.63) is 57.5 Å². The molecule has 0 saturated heterocycles. The van der Waals surface area contributed by atoms with Gasteiger partial charge in [0.1, 0.15) is 17.1 Å². The number of ether oxygens (including phenoxy) is 1. The topological polar surface area (TPSA) is 46.5 Å². The number of halogens is 2. The van der Waals surface area contributed by atoms with E-state index in [1.807, 2.05) is 0 Å². The van der Waals surface area contributed by atoms with E-state index in [1.165, 1.54) is 6.07 Å². The van der Waals surface area contributed by atoms with Gasteiger partial charge in [0.05, 0.1) is 0 Å². The van der Waals surface area contributed by atoms with Gasteiger partial charge in [0.2, 0.25) is 0 Å². The number of carboxylic acid groups (broad SMARTS) is 1. The summed E-state index contributed by atoms with van der Waals surface area (Å²) in [6.45, 7) is 0. The van der Waals surface area contributed by atoms with Crippen LogP contribution in [0.3, 0.4) is 0 Å². The largest absolute Gasteiger partial charge is 0.478 e. The van der Waals surface area contributed by atoms with E-state index in [0.717, 1.165) is 4.47 Å². The lowest BCUT2D eigenvalue weighted by Crippen LogP contribution is -1.99. The number of benzene rings is 2. The molecule has 0 spiro atoms. The highest BCUT2D eigenvalue weighted by molar-refractivity contribution is 9.10. The Hall–Kier alpha value is -1.52. The van der Waals surface area contributed by atoms with E-state index in [4.69, 9.17) is 21.4 Å². The lowest BCUT2D eigenvalue weighted by molar-refractivity contribution is 0.0694. The minimum absolute atomic E-state index is 0.0955. The normalized spacial score (nSPS) is 10.1. The van der Waals surface area contributed by atoms with Crippen molar-refractivity contribution in [3.63, 3.8) is 0 Å². The minimum Gasteiger partial charge on any atom is -0.478 e. The second-order valence-corrected chi connectivity index (χ2v) is 4.86. The number of hydrogen-bond acceptors (Lipinski definition) is 2. The van der Waals surface area contributed by atoms with E-state index in [9.17, 15) is 4.79 Å². The molecule has 0 atom stereocenters. The van der Waals surface area contributed by atoms with Crippen LogP contribution in [-0.2, 0) is 0 Å². The highest BCUT2D eigenvalue weighted by Crippen LogP contribution is 2.29. The van der Waals surface area contributed by atoms with Crippen LogP contribution in [0.4, 0.5) is 0 Å². The van der Waals surface area contributed by atoms with E-state index in [2.05, 4.69) is 15.9 Å². The second kappa shape index (κ2) is 5.42. The lowest BCUT2D eigenvalue weighted by Gasteiger charge is -2.09. The first kappa shape index (κ1) is 12.9. The average molecular weight is 328 g/mol. The van der Waals surface area contributed by atoms with Crippen molar-refractivity contribution in [3.8, 4) is 11.5 Å². The van der Waals surface area contributed by atoms with Gasteiger partial charge >= 0.3 is 5.97 Å². The van der Waals surface area contributed by atoms with Crippen molar-refractivity contribution in [2.45, 2.75) is 0 Å². The fourth-order valence-electron chi connectivity index (χ4n) is 1.41. The summed E-state index contributed by atoms with van der Waals surface area (Å²) in [5.74, 6) is -0.290. The Labute approximate surface area is 117 Å². The first-order chi connectivity index (χ1) is 8.56. The van der Waals surface area contributed by atoms with Crippen LogP contribution in [0.1, 0.15) is 10.4 Å². The molecule has 92 valence electrons. The van der Waals surface area contributed by atoms with Crippen LogP contribution < -0.4 is 4.74 Å². The number of hydrogen-bond donors (Lipinski definition) is 1. The van der Waals surface area contributed by atoms with Crippen LogP contribution >= 0.6 is 27.5 Å². The van der Waals surface area contributed by atoms with Gasteiger partial charge in [-0.15, -0.1) is 0 Å². The maximum atomic E-state index is 11.1. The van der Waals surface area contributed by atoms with E-state index in [-0.39, 0.29) is 11.3 Å². The Bertz CT molecular complexity index is 599. The summed E-state index contributed by atoms with van der Waals surface area (Å²) in [5, 5.41) is 9.59. The number of rotatable bonds is 3. The Morgan fingerprint density at radius 3 is 2.67 bits per heavy atom. The lowest BCUT2D eigenvalue weighted by atomic mass is 10.2. The molecule has 0 radical (unpaired) electrons. The molecule has 0 aliphatic heterocycles. The molecule has 5 heteroatoms. The monoisotopic (exact) mass is 326 g/mol. The number of carbonyl (C=O) groups is 1. The van der Waals surface area contributed by atoms with Gasteiger partial charge in [0, 0.05) is 9.50 Å². The van der Waals surface area contributed by atoms with Crippen LogP contribution in [0.5, 0.6) is 11.5 Å². The van der Waals surface area contributed by atoms with Crippen LogP contribution in [0.25, 0.3) is 0 Å². The molecule has 0 aliphatic carbocycles. The maximum Gasteiger partial charge on any atom is 0.339 e. The molecule has 1 N–H and O–H groups in total. The molecule has 0 bridgehead atoms. The highest BCUT2D eigenvalue weighted by atomic mass is 79.9. The average Bonchev–Trinajstić information content (AvgIpc) is 2.28. The Kier molecular flexibility index (Phi) is 3.89. The smallest absolute Gasteiger partial charge is 0.339 e. The van der Waals surface area contributed by atoms with Crippen molar-refractivity contribution in [2.24, 2.45) is 0 Å². The predicted octanol–water partition coefficient (Wildman–Crippen LogP) is 4.59. The Morgan fingerprint density at radius 1 is 1.22 bits per heavy atom. The molecule has 0 fully saturated rings. The molecule has 0 saturated carbocycles. The molecule has 0 aliphatic rings. The fourth-order valence-corrected chi connectivity index (χ4v) is 1.94. The third-order valence-corrected chi connectivity index (χ3v) is 2.93. The van der Waals surface area contributed by atoms with Crippen molar-refractivity contribution in [1.82, 2.24) is 0 Å². The fraction of sp³-hybridized carbons (Fsp3) is 0. The quantitative estimate of drug-likeness (QED) is 0.896. The van der Waals surface area contributed by atoms with Crippen molar-refractivity contribution >= 4 is 33.5 Å². The van der Waals surface area contributed by atoms with Crippen molar-refractivity contribution in [2.75, 3.05) is 0 Å². The maximum absolute atomic E-state index is 11.1. The van der Waals surface area contributed by atoms with Crippen molar-refractivity contribution in [1.29, 1.82) is 0 Å². The molecular formula is C13H8BrClO3. The third-order valence-electron chi connectivity index (χ3n) is 2.20. The van der Waals surface area contributed by atoms with E-state index in [1.54, 1.807) is 36.4 Å². The van der Waals surface area contributed by atoms with E-state index < -0.39 is 5.97 Å².